The van der Waals surface area contributed by atoms with Crippen molar-refractivity contribution < 1.29 is 13.2 Å². The molecule has 0 aliphatic rings. The number of hydrogen-bond donors (Lipinski definition) is 1. The number of halogens is 1. The van der Waals surface area contributed by atoms with Crippen LogP contribution >= 0.6 is 12.4 Å². The van der Waals surface area contributed by atoms with Crippen LogP contribution in [0.2, 0.25) is 0 Å². The van der Waals surface area contributed by atoms with Gasteiger partial charge in [-0.3, -0.25) is 4.79 Å². The van der Waals surface area contributed by atoms with Crippen LogP contribution in [0.15, 0.2) is 24.3 Å². The average Bonchev–Trinajstić information content (AvgIpc) is 2.41. The minimum Gasteiger partial charge on any atom is -0.399 e. The average molecular weight is 349 g/mol. The predicted octanol–water partition coefficient (Wildman–Crippen LogP) is 1.90. The Morgan fingerprint density at radius 1 is 1.23 bits per heavy atom. The number of carbonyl (C=O) groups is 1. The van der Waals surface area contributed by atoms with Crippen molar-refractivity contribution in [2.75, 3.05) is 23.8 Å². The van der Waals surface area contributed by atoms with E-state index >= 15 is 0 Å². The molecule has 0 heterocycles. The third-order valence-electron chi connectivity index (χ3n) is 3.46. The Labute approximate surface area is 139 Å². The highest BCUT2D eigenvalue weighted by atomic mass is 35.5. The van der Waals surface area contributed by atoms with E-state index in [4.69, 9.17) is 5.73 Å². The smallest absolute Gasteiger partial charge is 0.227 e. The van der Waals surface area contributed by atoms with E-state index in [-0.39, 0.29) is 42.3 Å². The predicted molar refractivity (Wildman–Crippen MR) is 93.0 cm³/mol. The molecule has 1 unspecified atom stereocenters. The highest BCUT2D eigenvalue weighted by Gasteiger charge is 2.23. The van der Waals surface area contributed by atoms with Crippen LogP contribution in [0.25, 0.3) is 0 Å². The third-order valence-corrected chi connectivity index (χ3v) is 5.33. The maximum Gasteiger partial charge on any atom is 0.227 e. The molecule has 1 amide bonds. The first-order valence-electron chi connectivity index (χ1n) is 7.13. The molecule has 0 aromatic heterocycles. The molecule has 126 valence electrons. The molecule has 0 spiro atoms. The summed E-state index contributed by atoms with van der Waals surface area (Å²) in [7, 11) is -3.10. The summed E-state index contributed by atoms with van der Waals surface area (Å²) in [5.41, 5.74) is 7.14. The van der Waals surface area contributed by atoms with E-state index < -0.39 is 9.84 Å². The van der Waals surface area contributed by atoms with Crippen LogP contribution in [0.1, 0.15) is 26.3 Å². The van der Waals surface area contributed by atoms with Crippen LogP contribution in [0.4, 0.5) is 5.69 Å². The van der Waals surface area contributed by atoms with Crippen molar-refractivity contribution in [2.45, 2.75) is 33.2 Å². The van der Waals surface area contributed by atoms with Crippen molar-refractivity contribution in [3.05, 3.63) is 29.8 Å². The van der Waals surface area contributed by atoms with Gasteiger partial charge in [-0.25, -0.2) is 8.42 Å². The lowest BCUT2D eigenvalue weighted by atomic mass is 10.1. The lowest BCUT2D eigenvalue weighted by Crippen LogP contribution is -2.43. The number of carbonyl (C=O) groups excluding carboxylic acids is 1. The number of hydrogen-bond acceptors (Lipinski definition) is 4. The molecule has 0 saturated heterocycles. The van der Waals surface area contributed by atoms with Gasteiger partial charge in [0.2, 0.25) is 5.91 Å². The molecule has 0 aliphatic heterocycles. The summed E-state index contributed by atoms with van der Waals surface area (Å²) in [6, 6.07) is 6.82. The minimum absolute atomic E-state index is 0. The van der Waals surface area contributed by atoms with Crippen LogP contribution in [-0.4, -0.2) is 43.3 Å². The number of benzene rings is 1. The highest BCUT2D eigenvalue weighted by Crippen LogP contribution is 2.10. The van der Waals surface area contributed by atoms with Gasteiger partial charge < -0.3 is 10.6 Å². The monoisotopic (exact) mass is 348 g/mol. The van der Waals surface area contributed by atoms with Crippen LogP contribution in [0.3, 0.4) is 0 Å². The second-order valence-corrected chi connectivity index (χ2v) is 7.54. The summed E-state index contributed by atoms with van der Waals surface area (Å²) in [4.78, 5) is 14.0. The lowest BCUT2D eigenvalue weighted by molar-refractivity contribution is -0.131. The molecule has 1 atom stereocenters. The van der Waals surface area contributed by atoms with Gasteiger partial charge >= 0.3 is 0 Å². The normalized spacial score (nSPS) is 12.3. The number of likely N-dealkylation sites (N-methyl/N-ethyl adjacent to an activating group) is 1. The van der Waals surface area contributed by atoms with E-state index in [0.717, 1.165) is 5.56 Å². The van der Waals surface area contributed by atoms with Gasteiger partial charge in [0.25, 0.3) is 0 Å². The van der Waals surface area contributed by atoms with Gasteiger partial charge in [-0.15, -0.1) is 12.4 Å². The summed E-state index contributed by atoms with van der Waals surface area (Å²) in [5, 5.41) is 0. The van der Waals surface area contributed by atoms with E-state index in [1.54, 1.807) is 30.9 Å². The van der Waals surface area contributed by atoms with Crippen molar-refractivity contribution in [3.8, 4) is 0 Å². The van der Waals surface area contributed by atoms with Crippen LogP contribution in [0, 0.1) is 0 Å². The number of nitrogens with two attached hydrogens (primary N) is 1. The van der Waals surface area contributed by atoms with Gasteiger partial charge in [0.1, 0.15) is 0 Å². The summed E-state index contributed by atoms with van der Waals surface area (Å²) in [5.74, 6) is 0.0346. The van der Waals surface area contributed by atoms with Crippen molar-refractivity contribution in [3.63, 3.8) is 0 Å². The molecule has 1 aromatic rings. The second-order valence-electron chi connectivity index (χ2n) is 5.15. The molecule has 0 bridgehead atoms. The molecule has 22 heavy (non-hydrogen) atoms. The SMILES string of the molecule is CCN(C(=O)Cc1ccc(N)cc1)C(C)CS(=O)(=O)CC.Cl. The Balaban J connectivity index is 0.00000441. The Morgan fingerprint density at radius 2 is 1.77 bits per heavy atom. The Hall–Kier alpha value is -1.27. The first-order valence-corrected chi connectivity index (χ1v) is 8.95. The zero-order valence-corrected chi connectivity index (χ0v) is 14.9. The number of amides is 1. The maximum atomic E-state index is 12.3. The number of anilines is 1. The molecule has 1 rings (SSSR count). The molecule has 2 N–H and O–H groups in total. The Morgan fingerprint density at radius 3 is 2.23 bits per heavy atom. The maximum absolute atomic E-state index is 12.3. The summed E-state index contributed by atoms with van der Waals surface area (Å²) in [6.45, 7) is 5.75. The third kappa shape index (κ3) is 6.23. The van der Waals surface area contributed by atoms with Crippen molar-refractivity contribution >= 4 is 33.8 Å². The van der Waals surface area contributed by atoms with E-state index in [1.807, 2.05) is 19.1 Å². The Bertz CT molecular complexity index is 573. The fourth-order valence-electron chi connectivity index (χ4n) is 2.22. The lowest BCUT2D eigenvalue weighted by Gasteiger charge is -2.28. The van der Waals surface area contributed by atoms with Crippen molar-refractivity contribution in [2.24, 2.45) is 0 Å². The number of sulfone groups is 1. The molecule has 0 saturated carbocycles. The van der Waals surface area contributed by atoms with Gasteiger partial charge in [0.05, 0.1) is 12.2 Å². The fourth-order valence-corrected chi connectivity index (χ4v) is 3.37. The quantitative estimate of drug-likeness (QED) is 0.763. The molecular weight excluding hydrogens is 324 g/mol. The molecule has 0 aliphatic carbocycles. The fraction of sp³-hybridized carbons (Fsp3) is 0.533. The van der Waals surface area contributed by atoms with Gasteiger partial charge in [0, 0.05) is 24.0 Å². The zero-order chi connectivity index (χ0) is 16.0. The Kier molecular flexibility index (Phi) is 8.48. The molecule has 0 radical (unpaired) electrons. The highest BCUT2D eigenvalue weighted by molar-refractivity contribution is 7.91. The van der Waals surface area contributed by atoms with Gasteiger partial charge in [-0.1, -0.05) is 19.1 Å². The van der Waals surface area contributed by atoms with E-state index in [2.05, 4.69) is 0 Å². The molecule has 1 aromatic carbocycles. The van der Waals surface area contributed by atoms with Crippen LogP contribution < -0.4 is 5.73 Å². The summed E-state index contributed by atoms with van der Waals surface area (Å²) >= 11 is 0. The molecule has 5 nitrogen and oxygen atoms in total. The topological polar surface area (TPSA) is 80.5 Å². The van der Waals surface area contributed by atoms with E-state index in [9.17, 15) is 13.2 Å². The standard InChI is InChI=1S/C15H24N2O3S.ClH/c1-4-17(12(3)11-21(19,20)5-2)15(18)10-13-6-8-14(16)9-7-13;/h6-9,12H,4-5,10-11,16H2,1-3H3;1H. The molecular formula is C15H25ClN2O3S. The van der Waals surface area contributed by atoms with Gasteiger partial charge in [0.15, 0.2) is 9.84 Å². The van der Waals surface area contributed by atoms with Crippen LogP contribution in [-0.2, 0) is 21.1 Å². The summed E-state index contributed by atoms with van der Waals surface area (Å²) in [6.07, 6.45) is 0.255. The number of nitrogen functional groups attached to an aromatic ring is 1. The largest absolute Gasteiger partial charge is 0.399 e. The van der Waals surface area contributed by atoms with E-state index in [0.29, 0.717) is 12.2 Å². The second kappa shape index (κ2) is 9.00. The zero-order valence-electron chi connectivity index (χ0n) is 13.3. The first-order chi connectivity index (χ1) is 9.79. The van der Waals surface area contributed by atoms with Gasteiger partial charge in [-0.05, 0) is 31.5 Å². The first kappa shape index (κ1) is 20.7. The molecule has 7 heteroatoms. The summed E-state index contributed by atoms with van der Waals surface area (Å²) < 4.78 is 23.4. The van der Waals surface area contributed by atoms with E-state index in [1.165, 1.54) is 0 Å². The van der Waals surface area contributed by atoms with Crippen molar-refractivity contribution in [1.29, 1.82) is 0 Å². The molecule has 0 fully saturated rings. The van der Waals surface area contributed by atoms with Gasteiger partial charge in [-0.2, -0.15) is 0 Å². The minimum atomic E-state index is -3.10. The number of rotatable bonds is 7. The van der Waals surface area contributed by atoms with Crippen LogP contribution in [0.5, 0.6) is 0 Å². The van der Waals surface area contributed by atoms with Crippen molar-refractivity contribution in [1.82, 2.24) is 4.90 Å². The number of nitrogens with zero attached hydrogens (tertiary/aromatic N) is 1.